The van der Waals surface area contributed by atoms with Gasteiger partial charge in [-0.1, -0.05) is 6.42 Å². The van der Waals surface area contributed by atoms with Gasteiger partial charge in [-0.25, -0.2) is 0 Å². The van der Waals surface area contributed by atoms with Crippen LogP contribution in [0.4, 0.5) is 0 Å². The first kappa shape index (κ1) is 14.1. The Labute approximate surface area is 121 Å². The number of nitrogens with zero attached hydrogens (tertiary/aromatic N) is 2. The molecule has 3 heterocycles. The second kappa shape index (κ2) is 6.74. The van der Waals surface area contributed by atoms with E-state index in [4.69, 9.17) is 10.2 Å². The summed E-state index contributed by atoms with van der Waals surface area (Å²) >= 11 is 0. The zero-order valence-corrected chi connectivity index (χ0v) is 12.4. The smallest absolute Gasteiger partial charge is 0.121 e. The quantitative estimate of drug-likeness (QED) is 0.916. The monoisotopic (exact) mass is 277 g/mol. The van der Waals surface area contributed by atoms with Crippen LogP contribution in [0.25, 0.3) is 0 Å². The molecule has 2 aliphatic rings. The minimum Gasteiger partial charge on any atom is -0.468 e. The van der Waals surface area contributed by atoms with Crippen molar-refractivity contribution in [2.24, 2.45) is 5.73 Å². The Balaban J connectivity index is 1.48. The third-order valence-electron chi connectivity index (χ3n) is 4.88. The summed E-state index contributed by atoms with van der Waals surface area (Å²) in [4.78, 5) is 5.27. The highest BCUT2D eigenvalue weighted by Crippen LogP contribution is 2.22. The average Bonchev–Trinajstić information content (AvgIpc) is 2.96. The molecule has 4 nitrogen and oxygen atoms in total. The summed E-state index contributed by atoms with van der Waals surface area (Å²) in [6.07, 6.45) is 8.62. The Kier molecular flexibility index (Phi) is 4.76. The van der Waals surface area contributed by atoms with Crippen LogP contribution in [-0.2, 0) is 13.1 Å². The molecule has 0 radical (unpaired) electrons. The van der Waals surface area contributed by atoms with Crippen molar-refractivity contribution in [1.82, 2.24) is 9.80 Å². The molecule has 0 amide bonds. The van der Waals surface area contributed by atoms with Crippen LogP contribution >= 0.6 is 0 Å². The van der Waals surface area contributed by atoms with Gasteiger partial charge in [-0.2, -0.15) is 0 Å². The van der Waals surface area contributed by atoms with Crippen LogP contribution < -0.4 is 5.73 Å². The Morgan fingerprint density at radius 3 is 2.55 bits per heavy atom. The predicted octanol–water partition coefficient (Wildman–Crippen LogP) is 2.19. The number of hydrogen-bond donors (Lipinski definition) is 1. The summed E-state index contributed by atoms with van der Waals surface area (Å²) in [7, 11) is 0. The highest BCUT2D eigenvalue weighted by molar-refractivity contribution is 5.16. The lowest BCUT2D eigenvalue weighted by Gasteiger charge is -2.40. The second-order valence-electron chi connectivity index (χ2n) is 6.18. The highest BCUT2D eigenvalue weighted by atomic mass is 16.3. The van der Waals surface area contributed by atoms with Crippen LogP contribution in [0, 0.1) is 0 Å². The van der Waals surface area contributed by atoms with E-state index in [0.717, 1.165) is 18.3 Å². The molecule has 20 heavy (non-hydrogen) atoms. The van der Waals surface area contributed by atoms with Gasteiger partial charge >= 0.3 is 0 Å². The van der Waals surface area contributed by atoms with Crippen LogP contribution in [0.15, 0.2) is 16.7 Å². The highest BCUT2D eigenvalue weighted by Gasteiger charge is 2.25. The van der Waals surface area contributed by atoms with E-state index in [2.05, 4.69) is 15.9 Å². The lowest BCUT2D eigenvalue weighted by atomic mass is 9.99. The van der Waals surface area contributed by atoms with Crippen molar-refractivity contribution in [3.8, 4) is 0 Å². The number of furan rings is 1. The molecule has 1 aromatic rings. The molecule has 0 unspecified atom stereocenters. The van der Waals surface area contributed by atoms with Crippen molar-refractivity contribution < 1.29 is 4.42 Å². The molecule has 1 aromatic heterocycles. The molecule has 0 saturated carbocycles. The molecular formula is C16H27N3O. The molecule has 0 atom stereocenters. The Bertz CT molecular complexity index is 404. The molecule has 0 aliphatic carbocycles. The number of rotatable bonds is 4. The van der Waals surface area contributed by atoms with Gasteiger partial charge in [0, 0.05) is 18.2 Å². The molecule has 112 valence electrons. The van der Waals surface area contributed by atoms with E-state index in [1.165, 1.54) is 63.8 Å². The molecule has 2 aliphatic heterocycles. The minimum absolute atomic E-state index is 0.507. The average molecular weight is 277 g/mol. The van der Waals surface area contributed by atoms with Gasteiger partial charge in [0.25, 0.3) is 0 Å². The van der Waals surface area contributed by atoms with Gasteiger partial charge < -0.3 is 15.1 Å². The molecule has 3 rings (SSSR count). The molecular weight excluding hydrogens is 250 g/mol. The van der Waals surface area contributed by atoms with Gasteiger partial charge in [0.1, 0.15) is 5.76 Å². The molecule has 4 heteroatoms. The maximum atomic E-state index is 5.70. The van der Waals surface area contributed by atoms with Gasteiger partial charge in [0.05, 0.1) is 12.8 Å². The van der Waals surface area contributed by atoms with Crippen molar-refractivity contribution >= 4 is 0 Å². The van der Waals surface area contributed by atoms with Crippen LogP contribution in [0.2, 0.25) is 0 Å². The fourth-order valence-corrected chi connectivity index (χ4v) is 3.65. The van der Waals surface area contributed by atoms with Crippen molar-refractivity contribution in [2.45, 2.75) is 51.2 Å². The molecule has 2 N–H and O–H groups in total. The maximum Gasteiger partial charge on any atom is 0.121 e. The van der Waals surface area contributed by atoms with Crippen molar-refractivity contribution in [1.29, 1.82) is 0 Å². The SMILES string of the molecule is NCc1occc1CN1CCC(N2CCCCC2)CC1. The van der Waals surface area contributed by atoms with Crippen molar-refractivity contribution in [3.63, 3.8) is 0 Å². The van der Waals surface area contributed by atoms with Gasteiger partial charge in [-0.05, 0) is 57.9 Å². The van der Waals surface area contributed by atoms with Crippen LogP contribution in [0.5, 0.6) is 0 Å². The standard InChI is InChI=1S/C16H27N3O/c17-12-16-14(6-11-20-16)13-18-9-4-15(5-10-18)19-7-2-1-3-8-19/h6,11,15H,1-5,7-10,12-13,17H2. The fraction of sp³-hybridized carbons (Fsp3) is 0.750. The summed E-state index contributed by atoms with van der Waals surface area (Å²) in [5.74, 6) is 0.947. The third kappa shape index (κ3) is 3.25. The zero-order valence-electron chi connectivity index (χ0n) is 12.4. The largest absolute Gasteiger partial charge is 0.468 e. The molecule has 0 bridgehead atoms. The lowest BCUT2D eigenvalue weighted by molar-refractivity contribution is 0.0894. The van der Waals surface area contributed by atoms with E-state index >= 15 is 0 Å². The molecule has 0 spiro atoms. The summed E-state index contributed by atoms with van der Waals surface area (Å²) in [6.45, 7) is 6.56. The van der Waals surface area contributed by atoms with E-state index in [9.17, 15) is 0 Å². The Hall–Kier alpha value is -0.840. The van der Waals surface area contributed by atoms with Crippen LogP contribution in [-0.4, -0.2) is 42.0 Å². The number of piperidine rings is 2. The molecule has 2 saturated heterocycles. The molecule has 2 fully saturated rings. The Morgan fingerprint density at radius 2 is 1.85 bits per heavy atom. The van der Waals surface area contributed by atoms with E-state index in [1.54, 1.807) is 6.26 Å². The van der Waals surface area contributed by atoms with Gasteiger partial charge in [0.2, 0.25) is 0 Å². The van der Waals surface area contributed by atoms with E-state index in [1.807, 2.05) is 0 Å². The first-order valence-electron chi connectivity index (χ1n) is 8.08. The van der Waals surface area contributed by atoms with Crippen molar-refractivity contribution in [2.75, 3.05) is 26.2 Å². The third-order valence-corrected chi connectivity index (χ3v) is 4.88. The normalized spacial score (nSPS) is 23.2. The summed E-state index contributed by atoms with van der Waals surface area (Å²) in [5.41, 5.74) is 6.97. The predicted molar refractivity (Wildman–Crippen MR) is 80.3 cm³/mol. The summed E-state index contributed by atoms with van der Waals surface area (Å²) < 4.78 is 5.41. The summed E-state index contributed by atoms with van der Waals surface area (Å²) in [6, 6.07) is 2.89. The lowest BCUT2D eigenvalue weighted by Crippen LogP contribution is -2.46. The number of hydrogen-bond acceptors (Lipinski definition) is 4. The maximum absolute atomic E-state index is 5.70. The van der Waals surface area contributed by atoms with E-state index in [0.29, 0.717) is 6.54 Å². The van der Waals surface area contributed by atoms with E-state index in [-0.39, 0.29) is 0 Å². The molecule has 0 aromatic carbocycles. The first-order valence-corrected chi connectivity index (χ1v) is 8.08. The number of nitrogens with two attached hydrogens (primary N) is 1. The fourth-order valence-electron chi connectivity index (χ4n) is 3.65. The first-order chi connectivity index (χ1) is 9.86. The van der Waals surface area contributed by atoms with Crippen molar-refractivity contribution in [3.05, 3.63) is 23.7 Å². The number of likely N-dealkylation sites (tertiary alicyclic amines) is 2. The Morgan fingerprint density at radius 1 is 1.10 bits per heavy atom. The minimum atomic E-state index is 0.507. The summed E-state index contributed by atoms with van der Waals surface area (Å²) in [5, 5.41) is 0. The van der Waals surface area contributed by atoms with Gasteiger partial charge in [-0.15, -0.1) is 0 Å². The van der Waals surface area contributed by atoms with E-state index < -0.39 is 0 Å². The van der Waals surface area contributed by atoms with Crippen LogP contribution in [0.3, 0.4) is 0 Å². The zero-order chi connectivity index (χ0) is 13.8. The topological polar surface area (TPSA) is 45.6 Å². The van der Waals surface area contributed by atoms with Crippen LogP contribution in [0.1, 0.15) is 43.4 Å². The van der Waals surface area contributed by atoms with Gasteiger partial charge in [0.15, 0.2) is 0 Å². The van der Waals surface area contributed by atoms with Gasteiger partial charge in [-0.3, -0.25) is 4.90 Å². The second-order valence-corrected chi connectivity index (χ2v) is 6.18.